The van der Waals surface area contributed by atoms with Gasteiger partial charge in [-0.1, -0.05) is 57.8 Å². The Morgan fingerprint density at radius 3 is 0.895 bits per heavy atom. The first-order chi connectivity index (χ1) is 9.13. The van der Waals surface area contributed by atoms with Crippen LogP contribution in [0.2, 0.25) is 0 Å². The zero-order valence-corrected chi connectivity index (χ0v) is 11.9. The van der Waals surface area contributed by atoms with E-state index in [4.69, 9.17) is 10.2 Å². The van der Waals surface area contributed by atoms with Gasteiger partial charge in [-0.3, -0.25) is 9.59 Å². The van der Waals surface area contributed by atoms with Crippen molar-refractivity contribution in [3.63, 3.8) is 0 Å². The van der Waals surface area contributed by atoms with Crippen molar-refractivity contribution in [2.75, 3.05) is 0 Å². The van der Waals surface area contributed by atoms with Crippen molar-refractivity contribution < 1.29 is 19.8 Å². The van der Waals surface area contributed by atoms with Crippen molar-refractivity contribution in [2.24, 2.45) is 0 Å². The minimum absolute atomic E-state index is 0.302. The zero-order chi connectivity index (χ0) is 14.3. The van der Waals surface area contributed by atoms with E-state index in [0.29, 0.717) is 12.8 Å². The Labute approximate surface area is 116 Å². The number of rotatable bonds is 14. The van der Waals surface area contributed by atoms with Crippen LogP contribution in [0.25, 0.3) is 0 Å². The molecule has 0 aliphatic heterocycles. The van der Waals surface area contributed by atoms with Gasteiger partial charge in [0.1, 0.15) is 0 Å². The average Bonchev–Trinajstić information content (AvgIpc) is 2.34. The fourth-order valence-electron chi connectivity index (χ4n) is 2.14. The van der Waals surface area contributed by atoms with Crippen LogP contribution >= 0.6 is 0 Å². The standard InChI is InChI=1S/C15H28O4/c16-14(17)12-10-8-6-4-2-1-3-5-7-9-11-13-15(18)19/h1-13H2,(H,16,17)(H,18,19). The van der Waals surface area contributed by atoms with E-state index in [1.54, 1.807) is 0 Å². The number of hydrogen-bond acceptors (Lipinski definition) is 2. The van der Waals surface area contributed by atoms with Crippen LogP contribution in [0.4, 0.5) is 0 Å². The second kappa shape index (κ2) is 13.4. The highest BCUT2D eigenvalue weighted by Gasteiger charge is 1.98. The Balaban J connectivity index is 2.99. The van der Waals surface area contributed by atoms with Crippen molar-refractivity contribution in [3.05, 3.63) is 0 Å². The van der Waals surface area contributed by atoms with Crippen LogP contribution in [0.3, 0.4) is 0 Å². The van der Waals surface area contributed by atoms with Gasteiger partial charge in [0, 0.05) is 12.8 Å². The van der Waals surface area contributed by atoms with Crippen LogP contribution in [0.15, 0.2) is 0 Å². The molecule has 0 aromatic rings. The Morgan fingerprint density at radius 2 is 0.684 bits per heavy atom. The Bertz CT molecular complexity index is 214. The lowest BCUT2D eigenvalue weighted by Crippen LogP contribution is -1.93. The predicted molar refractivity (Wildman–Crippen MR) is 75.3 cm³/mol. The lowest BCUT2D eigenvalue weighted by molar-refractivity contribution is -0.138. The fraction of sp³-hybridized carbons (Fsp3) is 0.867. The second-order valence-corrected chi connectivity index (χ2v) is 5.18. The fourth-order valence-corrected chi connectivity index (χ4v) is 2.14. The van der Waals surface area contributed by atoms with Crippen molar-refractivity contribution in [3.8, 4) is 0 Å². The highest BCUT2D eigenvalue weighted by molar-refractivity contribution is 5.66. The normalized spacial score (nSPS) is 10.5. The molecule has 0 bridgehead atoms. The van der Waals surface area contributed by atoms with Gasteiger partial charge in [-0.05, 0) is 12.8 Å². The molecule has 0 spiro atoms. The molecule has 0 unspecified atom stereocenters. The smallest absolute Gasteiger partial charge is 0.303 e. The summed E-state index contributed by atoms with van der Waals surface area (Å²) in [5.74, 6) is -1.38. The lowest BCUT2D eigenvalue weighted by Gasteiger charge is -2.02. The zero-order valence-electron chi connectivity index (χ0n) is 11.9. The summed E-state index contributed by atoms with van der Waals surface area (Å²) in [5.41, 5.74) is 0. The monoisotopic (exact) mass is 272 g/mol. The van der Waals surface area contributed by atoms with Gasteiger partial charge in [-0.2, -0.15) is 0 Å². The third-order valence-corrected chi connectivity index (χ3v) is 3.28. The van der Waals surface area contributed by atoms with Gasteiger partial charge in [0.05, 0.1) is 0 Å². The molecule has 0 fully saturated rings. The molecule has 0 aliphatic carbocycles. The molecule has 112 valence electrons. The molecule has 0 rings (SSSR count). The van der Waals surface area contributed by atoms with Gasteiger partial charge < -0.3 is 10.2 Å². The van der Waals surface area contributed by atoms with E-state index in [9.17, 15) is 9.59 Å². The van der Waals surface area contributed by atoms with Crippen molar-refractivity contribution in [1.29, 1.82) is 0 Å². The van der Waals surface area contributed by atoms with Gasteiger partial charge in [-0.25, -0.2) is 0 Å². The maximum atomic E-state index is 10.3. The first kappa shape index (κ1) is 17.9. The van der Waals surface area contributed by atoms with Crippen molar-refractivity contribution in [1.82, 2.24) is 0 Å². The molecular formula is C15H28O4. The van der Waals surface area contributed by atoms with Crippen LogP contribution < -0.4 is 0 Å². The van der Waals surface area contributed by atoms with E-state index >= 15 is 0 Å². The van der Waals surface area contributed by atoms with E-state index in [2.05, 4.69) is 0 Å². The summed E-state index contributed by atoms with van der Waals surface area (Å²) in [6.45, 7) is 0. The number of aliphatic carboxylic acids is 2. The third kappa shape index (κ3) is 16.9. The van der Waals surface area contributed by atoms with Gasteiger partial charge in [-0.15, -0.1) is 0 Å². The summed E-state index contributed by atoms with van der Waals surface area (Å²) >= 11 is 0. The summed E-state index contributed by atoms with van der Waals surface area (Å²) in [6.07, 6.45) is 12.7. The maximum Gasteiger partial charge on any atom is 0.303 e. The molecule has 0 saturated heterocycles. The topological polar surface area (TPSA) is 74.6 Å². The van der Waals surface area contributed by atoms with E-state index < -0.39 is 11.9 Å². The quantitative estimate of drug-likeness (QED) is 0.464. The number of carboxylic acid groups (broad SMARTS) is 2. The Morgan fingerprint density at radius 1 is 0.474 bits per heavy atom. The molecule has 4 heteroatoms. The first-order valence-corrected chi connectivity index (χ1v) is 7.56. The van der Waals surface area contributed by atoms with Crippen molar-refractivity contribution >= 4 is 11.9 Å². The summed E-state index contributed by atoms with van der Waals surface area (Å²) in [7, 11) is 0. The predicted octanol–water partition coefficient (Wildman–Crippen LogP) is 4.23. The molecule has 0 saturated carbocycles. The molecule has 0 aliphatic rings. The number of unbranched alkanes of at least 4 members (excludes halogenated alkanes) is 10. The van der Waals surface area contributed by atoms with Crippen LogP contribution in [0.1, 0.15) is 83.5 Å². The van der Waals surface area contributed by atoms with Crippen molar-refractivity contribution in [2.45, 2.75) is 83.5 Å². The highest BCUT2D eigenvalue weighted by atomic mass is 16.4. The van der Waals surface area contributed by atoms with Gasteiger partial charge in [0.25, 0.3) is 0 Å². The van der Waals surface area contributed by atoms with E-state index in [0.717, 1.165) is 38.5 Å². The summed E-state index contributed by atoms with van der Waals surface area (Å²) in [5, 5.41) is 16.9. The summed E-state index contributed by atoms with van der Waals surface area (Å²) in [4.78, 5) is 20.6. The molecule has 0 atom stereocenters. The summed E-state index contributed by atoms with van der Waals surface area (Å²) in [6, 6.07) is 0. The molecule has 19 heavy (non-hydrogen) atoms. The number of carbonyl (C=O) groups is 2. The molecule has 0 amide bonds. The minimum Gasteiger partial charge on any atom is -0.481 e. The maximum absolute atomic E-state index is 10.3. The number of hydrogen-bond donors (Lipinski definition) is 2. The van der Waals surface area contributed by atoms with Gasteiger partial charge in [0.15, 0.2) is 0 Å². The van der Waals surface area contributed by atoms with Crippen LogP contribution in [0.5, 0.6) is 0 Å². The number of carboxylic acids is 2. The molecule has 0 radical (unpaired) electrons. The largest absolute Gasteiger partial charge is 0.481 e. The SMILES string of the molecule is O=C(O)CCCCCCCCCCCCCC(=O)O. The van der Waals surface area contributed by atoms with Gasteiger partial charge >= 0.3 is 11.9 Å². The second-order valence-electron chi connectivity index (χ2n) is 5.18. The molecule has 0 aromatic carbocycles. The average molecular weight is 272 g/mol. The molecule has 0 heterocycles. The molecule has 4 nitrogen and oxygen atoms in total. The Hall–Kier alpha value is -1.06. The molecule has 0 aromatic heterocycles. The first-order valence-electron chi connectivity index (χ1n) is 7.56. The molecular weight excluding hydrogens is 244 g/mol. The Kier molecular flexibility index (Phi) is 12.6. The van der Waals surface area contributed by atoms with Gasteiger partial charge in [0.2, 0.25) is 0 Å². The van der Waals surface area contributed by atoms with E-state index in [1.165, 1.54) is 32.1 Å². The van der Waals surface area contributed by atoms with Crippen LogP contribution in [-0.4, -0.2) is 22.2 Å². The summed E-state index contributed by atoms with van der Waals surface area (Å²) < 4.78 is 0. The highest BCUT2D eigenvalue weighted by Crippen LogP contribution is 2.12. The van der Waals surface area contributed by atoms with Crippen LogP contribution in [-0.2, 0) is 9.59 Å². The lowest BCUT2D eigenvalue weighted by atomic mass is 10.0. The van der Waals surface area contributed by atoms with Crippen LogP contribution in [0, 0.1) is 0 Å². The third-order valence-electron chi connectivity index (χ3n) is 3.28. The van der Waals surface area contributed by atoms with E-state index in [-0.39, 0.29) is 0 Å². The minimum atomic E-state index is -0.692. The van der Waals surface area contributed by atoms with E-state index in [1.807, 2.05) is 0 Å². The molecule has 2 N–H and O–H groups in total.